The minimum absolute atomic E-state index is 0.0937. The highest BCUT2D eigenvalue weighted by molar-refractivity contribution is 5.00. The van der Waals surface area contributed by atoms with Gasteiger partial charge in [-0.2, -0.15) is 0 Å². The maximum Gasteiger partial charge on any atom is 0.172 e. The number of hydrogen-bond acceptors (Lipinski definition) is 4. The molecular formula is C10H17NO3. The van der Waals surface area contributed by atoms with Crippen molar-refractivity contribution >= 4 is 0 Å². The number of ether oxygens (including phenoxy) is 2. The topological polar surface area (TPSA) is 43.6 Å². The Morgan fingerprint density at radius 3 is 2.57 bits per heavy atom. The molecule has 0 aliphatic carbocycles. The van der Waals surface area contributed by atoms with Crippen LogP contribution in [0.4, 0.5) is 0 Å². The van der Waals surface area contributed by atoms with Crippen molar-refractivity contribution < 1.29 is 13.9 Å². The van der Waals surface area contributed by atoms with Gasteiger partial charge in [0, 0.05) is 20.6 Å². The summed E-state index contributed by atoms with van der Waals surface area (Å²) in [6.07, 6.45) is 2.15. The maximum atomic E-state index is 5.25. The van der Waals surface area contributed by atoms with Gasteiger partial charge in [0.25, 0.3) is 0 Å². The van der Waals surface area contributed by atoms with Crippen LogP contribution in [0.1, 0.15) is 5.76 Å². The molecule has 1 aromatic rings. The van der Waals surface area contributed by atoms with E-state index in [1.165, 1.54) is 0 Å². The first-order valence-electron chi connectivity index (χ1n) is 4.57. The normalized spacial score (nSPS) is 13.4. The van der Waals surface area contributed by atoms with E-state index >= 15 is 0 Å². The van der Waals surface area contributed by atoms with Gasteiger partial charge in [-0.15, -0.1) is 0 Å². The van der Waals surface area contributed by atoms with Crippen molar-refractivity contribution in [3.05, 3.63) is 24.2 Å². The minimum Gasteiger partial charge on any atom is -0.469 e. The summed E-state index contributed by atoms with van der Waals surface area (Å²) in [5.41, 5.74) is 0. The van der Waals surface area contributed by atoms with Crippen LogP contribution in [0, 0.1) is 0 Å². The molecule has 0 amide bonds. The third-order valence-corrected chi connectivity index (χ3v) is 2.17. The molecule has 0 aliphatic heterocycles. The molecule has 1 aromatic heterocycles. The van der Waals surface area contributed by atoms with E-state index < -0.39 is 0 Å². The van der Waals surface area contributed by atoms with Crippen LogP contribution in [0.5, 0.6) is 0 Å². The molecule has 4 heteroatoms. The molecule has 14 heavy (non-hydrogen) atoms. The largest absolute Gasteiger partial charge is 0.469 e. The molecule has 1 rings (SSSR count). The lowest BCUT2D eigenvalue weighted by Gasteiger charge is -2.23. The summed E-state index contributed by atoms with van der Waals surface area (Å²) in [5, 5.41) is 3.13. The second-order valence-corrected chi connectivity index (χ2v) is 3.02. The maximum absolute atomic E-state index is 5.25. The highest BCUT2D eigenvalue weighted by Crippen LogP contribution is 2.08. The number of rotatable bonds is 6. The average Bonchev–Trinajstić information content (AvgIpc) is 2.70. The SMILES string of the molecule is CNC(Cc1ccco1)C(OC)OC. The summed E-state index contributed by atoms with van der Waals surface area (Å²) in [5.74, 6) is 0.920. The second kappa shape index (κ2) is 5.80. The van der Waals surface area contributed by atoms with Crippen LogP contribution < -0.4 is 5.32 Å². The zero-order valence-corrected chi connectivity index (χ0v) is 8.82. The third-order valence-electron chi connectivity index (χ3n) is 2.17. The Bertz CT molecular complexity index is 232. The smallest absolute Gasteiger partial charge is 0.172 e. The molecule has 0 aliphatic rings. The highest BCUT2D eigenvalue weighted by atomic mass is 16.7. The molecule has 4 nitrogen and oxygen atoms in total. The van der Waals surface area contributed by atoms with Gasteiger partial charge in [0.1, 0.15) is 5.76 Å². The summed E-state index contributed by atoms with van der Waals surface area (Å²) >= 11 is 0. The molecule has 0 spiro atoms. The summed E-state index contributed by atoms with van der Waals surface area (Å²) in [6.45, 7) is 0. The molecule has 0 aromatic carbocycles. The molecule has 1 N–H and O–H groups in total. The third kappa shape index (κ3) is 2.83. The van der Waals surface area contributed by atoms with E-state index in [1.54, 1.807) is 20.5 Å². The van der Waals surface area contributed by atoms with Gasteiger partial charge >= 0.3 is 0 Å². The van der Waals surface area contributed by atoms with Crippen molar-refractivity contribution in [1.82, 2.24) is 5.32 Å². The van der Waals surface area contributed by atoms with E-state index in [9.17, 15) is 0 Å². The van der Waals surface area contributed by atoms with E-state index in [0.29, 0.717) is 0 Å². The van der Waals surface area contributed by atoms with Crippen molar-refractivity contribution in [2.45, 2.75) is 18.8 Å². The molecule has 1 atom stereocenters. The fourth-order valence-electron chi connectivity index (χ4n) is 1.40. The van der Waals surface area contributed by atoms with Crippen LogP contribution in [0.25, 0.3) is 0 Å². The van der Waals surface area contributed by atoms with Gasteiger partial charge in [0.05, 0.1) is 12.3 Å². The van der Waals surface area contributed by atoms with Gasteiger partial charge in [-0.3, -0.25) is 0 Å². The molecule has 0 saturated heterocycles. The molecular weight excluding hydrogens is 182 g/mol. The highest BCUT2D eigenvalue weighted by Gasteiger charge is 2.20. The number of hydrogen-bond donors (Lipinski definition) is 1. The lowest BCUT2D eigenvalue weighted by molar-refractivity contribution is -0.122. The Hall–Kier alpha value is -0.840. The lowest BCUT2D eigenvalue weighted by Crippen LogP contribution is -2.41. The first kappa shape index (κ1) is 11.2. The van der Waals surface area contributed by atoms with E-state index in [1.807, 2.05) is 19.2 Å². The van der Waals surface area contributed by atoms with Crippen molar-refractivity contribution in [1.29, 1.82) is 0 Å². The molecule has 1 heterocycles. The molecule has 80 valence electrons. The van der Waals surface area contributed by atoms with Gasteiger partial charge in [-0.25, -0.2) is 0 Å². The van der Waals surface area contributed by atoms with Crippen molar-refractivity contribution in [3.63, 3.8) is 0 Å². The van der Waals surface area contributed by atoms with Crippen LogP contribution in [0.15, 0.2) is 22.8 Å². The Morgan fingerprint density at radius 2 is 2.14 bits per heavy atom. The summed E-state index contributed by atoms with van der Waals surface area (Å²) < 4.78 is 15.6. The number of likely N-dealkylation sites (N-methyl/N-ethyl adjacent to an activating group) is 1. The zero-order valence-electron chi connectivity index (χ0n) is 8.82. The fraction of sp³-hybridized carbons (Fsp3) is 0.600. The van der Waals surface area contributed by atoms with Gasteiger partial charge in [-0.05, 0) is 19.2 Å². The van der Waals surface area contributed by atoms with Crippen LogP contribution in [0.2, 0.25) is 0 Å². The van der Waals surface area contributed by atoms with Crippen LogP contribution in [-0.2, 0) is 15.9 Å². The number of nitrogens with one attached hydrogen (secondary N) is 1. The summed E-state index contributed by atoms with van der Waals surface area (Å²) in [6, 6.07) is 3.90. The first-order chi connectivity index (χ1) is 6.81. The van der Waals surface area contributed by atoms with Crippen molar-refractivity contribution in [3.8, 4) is 0 Å². The first-order valence-corrected chi connectivity index (χ1v) is 4.57. The Labute approximate surface area is 84.2 Å². The fourth-order valence-corrected chi connectivity index (χ4v) is 1.40. The summed E-state index contributed by atoms with van der Waals surface area (Å²) in [4.78, 5) is 0. The van der Waals surface area contributed by atoms with Crippen LogP contribution in [-0.4, -0.2) is 33.6 Å². The minimum atomic E-state index is -0.259. The second-order valence-electron chi connectivity index (χ2n) is 3.02. The van der Waals surface area contributed by atoms with E-state index in [0.717, 1.165) is 12.2 Å². The van der Waals surface area contributed by atoms with E-state index in [4.69, 9.17) is 13.9 Å². The predicted octanol–water partition coefficient (Wildman–Crippen LogP) is 1.03. The zero-order chi connectivity index (χ0) is 10.4. The molecule has 0 fully saturated rings. The quantitative estimate of drug-likeness (QED) is 0.695. The Morgan fingerprint density at radius 1 is 1.43 bits per heavy atom. The standard InChI is InChI=1S/C10H17NO3/c1-11-9(10(12-2)13-3)7-8-5-4-6-14-8/h4-6,9-11H,7H2,1-3H3. The molecule has 1 unspecified atom stereocenters. The number of furan rings is 1. The van der Waals surface area contributed by atoms with Crippen molar-refractivity contribution in [2.24, 2.45) is 0 Å². The van der Waals surface area contributed by atoms with E-state index in [-0.39, 0.29) is 12.3 Å². The van der Waals surface area contributed by atoms with Gasteiger partial charge in [-0.1, -0.05) is 0 Å². The lowest BCUT2D eigenvalue weighted by atomic mass is 10.1. The number of methoxy groups -OCH3 is 2. The molecule has 0 radical (unpaired) electrons. The molecule has 0 bridgehead atoms. The van der Waals surface area contributed by atoms with Crippen LogP contribution >= 0.6 is 0 Å². The predicted molar refractivity (Wildman–Crippen MR) is 53.1 cm³/mol. The van der Waals surface area contributed by atoms with Gasteiger partial charge in [0.2, 0.25) is 0 Å². The van der Waals surface area contributed by atoms with Crippen LogP contribution in [0.3, 0.4) is 0 Å². The van der Waals surface area contributed by atoms with Gasteiger partial charge < -0.3 is 19.2 Å². The Balaban J connectivity index is 2.53. The van der Waals surface area contributed by atoms with E-state index in [2.05, 4.69) is 5.32 Å². The van der Waals surface area contributed by atoms with Crippen molar-refractivity contribution in [2.75, 3.05) is 21.3 Å². The molecule has 0 saturated carbocycles. The summed E-state index contributed by atoms with van der Waals surface area (Å²) in [7, 11) is 5.12. The Kier molecular flexibility index (Phi) is 4.65. The monoisotopic (exact) mass is 199 g/mol. The van der Waals surface area contributed by atoms with Gasteiger partial charge in [0.15, 0.2) is 6.29 Å². The average molecular weight is 199 g/mol.